The standard InChI is InChI=1S/C28H24Cl3N3O5S2/c1-18-9-13-22(14-10-18)41(38,39)34(26-8-4-6-24(30)28(26)31)17-27(35)32-20-11-15-21(16-12-20)40(36,37)33-25-7-3-5-23(29)19(25)2/h3-16,33H,17H2,1-2H3,(H,32,35). The van der Waals surface area contributed by atoms with Gasteiger partial charge >= 0.3 is 0 Å². The Labute approximate surface area is 254 Å². The molecule has 0 aromatic heterocycles. The molecule has 4 aromatic carbocycles. The molecule has 214 valence electrons. The number of anilines is 3. The van der Waals surface area contributed by atoms with E-state index in [2.05, 4.69) is 10.0 Å². The lowest BCUT2D eigenvalue weighted by molar-refractivity contribution is -0.114. The second-order valence-corrected chi connectivity index (χ2v) is 13.7. The number of carbonyl (C=O) groups excluding carboxylic acids is 1. The molecule has 0 aliphatic heterocycles. The van der Waals surface area contributed by atoms with Crippen molar-refractivity contribution < 1.29 is 21.6 Å². The van der Waals surface area contributed by atoms with Crippen molar-refractivity contribution >= 4 is 77.8 Å². The monoisotopic (exact) mass is 651 g/mol. The third kappa shape index (κ3) is 6.97. The number of benzene rings is 4. The van der Waals surface area contributed by atoms with E-state index in [4.69, 9.17) is 34.8 Å². The van der Waals surface area contributed by atoms with E-state index >= 15 is 0 Å². The zero-order chi connectivity index (χ0) is 29.9. The number of halogens is 3. The number of aryl methyl sites for hydroxylation is 1. The second-order valence-electron chi connectivity index (χ2n) is 8.99. The molecule has 0 aliphatic carbocycles. The number of nitrogens with one attached hydrogen (secondary N) is 2. The molecule has 0 saturated heterocycles. The Balaban J connectivity index is 1.57. The van der Waals surface area contributed by atoms with Gasteiger partial charge in [-0.1, -0.05) is 64.6 Å². The maximum Gasteiger partial charge on any atom is 0.264 e. The lowest BCUT2D eigenvalue weighted by Gasteiger charge is -2.25. The first-order chi connectivity index (χ1) is 19.3. The van der Waals surface area contributed by atoms with Gasteiger partial charge in [0.1, 0.15) is 6.54 Å². The van der Waals surface area contributed by atoms with Crippen LogP contribution in [0.3, 0.4) is 0 Å². The fourth-order valence-corrected chi connectivity index (χ4v) is 6.97. The SMILES string of the molecule is Cc1ccc(S(=O)(=O)N(CC(=O)Nc2ccc(S(=O)(=O)Nc3cccc(Cl)c3C)cc2)c2cccc(Cl)c2Cl)cc1. The normalized spacial score (nSPS) is 11.6. The summed E-state index contributed by atoms with van der Waals surface area (Å²) in [4.78, 5) is 13.0. The molecule has 13 heteroatoms. The van der Waals surface area contributed by atoms with Crippen LogP contribution in [0, 0.1) is 13.8 Å². The molecule has 0 radical (unpaired) electrons. The molecule has 41 heavy (non-hydrogen) atoms. The number of amides is 1. The molecule has 0 spiro atoms. The number of carbonyl (C=O) groups is 1. The summed E-state index contributed by atoms with van der Waals surface area (Å²) in [6, 6.07) is 20.9. The van der Waals surface area contributed by atoms with E-state index < -0.39 is 32.5 Å². The van der Waals surface area contributed by atoms with Gasteiger partial charge in [-0.25, -0.2) is 16.8 Å². The van der Waals surface area contributed by atoms with Crippen molar-refractivity contribution in [3.8, 4) is 0 Å². The molecule has 2 N–H and O–H groups in total. The predicted octanol–water partition coefficient (Wildman–Crippen LogP) is 6.90. The zero-order valence-electron chi connectivity index (χ0n) is 21.7. The lowest BCUT2D eigenvalue weighted by atomic mass is 10.2. The van der Waals surface area contributed by atoms with E-state index in [1.165, 1.54) is 54.6 Å². The fraction of sp³-hybridized carbons (Fsp3) is 0.107. The van der Waals surface area contributed by atoms with Crippen molar-refractivity contribution in [3.63, 3.8) is 0 Å². The molecule has 1 amide bonds. The second kappa shape index (κ2) is 12.3. The van der Waals surface area contributed by atoms with Crippen LogP contribution >= 0.6 is 34.8 Å². The van der Waals surface area contributed by atoms with Crippen molar-refractivity contribution in [1.29, 1.82) is 0 Å². The van der Waals surface area contributed by atoms with Gasteiger partial charge in [0.25, 0.3) is 20.0 Å². The average molecular weight is 653 g/mol. The van der Waals surface area contributed by atoms with Crippen LogP contribution in [-0.4, -0.2) is 29.3 Å². The van der Waals surface area contributed by atoms with Crippen LogP contribution < -0.4 is 14.3 Å². The summed E-state index contributed by atoms with van der Waals surface area (Å²) in [5.41, 5.74) is 2.05. The number of rotatable bonds is 9. The Morgan fingerprint density at radius 1 is 0.756 bits per heavy atom. The van der Waals surface area contributed by atoms with Crippen LogP contribution in [0.1, 0.15) is 11.1 Å². The average Bonchev–Trinajstić information content (AvgIpc) is 2.92. The Hall–Kier alpha value is -3.28. The zero-order valence-corrected chi connectivity index (χ0v) is 25.6. The first-order valence-corrected chi connectivity index (χ1v) is 16.1. The lowest BCUT2D eigenvalue weighted by Crippen LogP contribution is -2.38. The summed E-state index contributed by atoms with van der Waals surface area (Å²) >= 11 is 18.6. The van der Waals surface area contributed by atoms with Gasteiger partial charge in [-0.15, -0.1) is 0 Å². The van der Waals surface area contributed by atoms with Crippen LogP contribution in [0.2, 0.25) is 15.1 Å². The highest BCUT2D eigenvalue weighted by molar-refractivity contribution is 7.93. The molecule has 4 rings (SSSR count). The number of hydrogen-bond acceptors (Lipinski definition) is 5. The van der Waals surface area contributed by atoms with Gasteiger partial charge in [0.05, 0.1) is 31.2 Å². The molecule has 0 heterocycles. The molecular weight excluding hydrogens is 629 g/mol. The van der Waals surface area contributed by atoms with Gasteiger partial charge in [0, 0.05) is 10.7 Å². The van der Waals surface area contributed by atoms with E-state index in [9.17, 15) is 21.6 Å². The van der Waals surface area contributed by atoms with E-state index in [0.29, 0.717) is 16.3 Å². The molecule has 0 aliphatic rings. The minimum atomic E-state index is -4.23. The van der Waals surface area contributed by atoms with Gasteiger partial charge in [0.15, 0.2) is 0 Å². The number of hydrogen-bond donors (Lipinski definition) is 2. The Bertz CT molecular complexity index is 1810. The van der Waals surface area contributed by atoms with E-state index in [1.807, 2.05) is 6.92 Å². The summed E-state index contributed by atoms with van der Waals surface area (Å²) in [6.45, 7) is 2.88. The summed E-state index contributed by atoms with van der Waals surface area (Å²) in [6.07, 6.45) is 0. The van der Waals surface area contributed by atoms with Crippen LogP contribution in [0.15, 0.2) is 94.7 Å². The third-order valence-electron chi connectivity index (χ3n) is 6.06. The summed E-state index contributed by atoms with van der Waals surface area (Å²) in [7, 11) is -8.18. The smallest absolute Gasteiger partial charge is 0.264 e. The van der Waals surface area contributed by atoms with E-state index in [0.717, 1.165) is 9.87 Å². The molecule has 0 unspecified atom stereocenters. The van der Waals surface area contributed by atoms with Crippen molar-refractivity contribution in [2.24, 2.45) is 0 Å². The van der Waals surface area contributed by atoms with Gasteiger partial charge in [-0.2, -0.15) is 0 Å². The first kappa shape index (κ1) is 30.7. The minimum Gasteiger partial charge on any atom is -0.325 e. The molecule has 0 saturated carbocycles. The molecule has 8 nitrogen and oxygen atoms in total. The van der Waals surface area contributed by atoms with Crippen molar-refractivity contribution in [3.05, 3.63) is 111 Å². The Morgan fingerprint density at radius 2 is 1.34 bits per heavy atom. The van der Waals surface area contributed by atoms with Crippen molar-refractivity contribution in [1.82, 2.24) is 0 Å². The molecule has 0 fully saturated rings. The summed E-state index contributed by atoms with van der Waals surface area (Å²) < 4.78 is 56.4. The van der Waals surface area contributed by atoms with E-state index in [-0.39, 0.29) is 31.2 Å². The van der Waals surface area contributed by atoms with Gasteiger partial charge in [0.2, 0.25) is 5.91 Å². The summed E-state index contributed by atoms with van der Waals surface area (Å²) in [5.74, 6) is -0.694. The highest BCUT2D eigenvalue weighted by Crippen LogP contribution is 2.35. The molecule has 0 bridgehead atoms. The summed E-state index contributed by atoms with van der Waals surface area (Å²) in [5, 5.41) is 3.10. The number of nitrogens with zero attached hydrogens (tertiary/aromatic N) is 1. The largest absolute Gasteiger partial charge is 0.325 e. The molecule has 4 aromatic rings. The van der Waals surface area contributed by atoms with Crippen molar-refractivity contribution in [2.45, 2.75) is 23.6 Å². The minimum absolute atomic E-state index is 0.0266. The Kier molecular flexibility index (Phi) is 9.20. The third-order valence-corrected chi connectivity index (χ3v) is 10.4. The van der Waals surface area contributed by atoms with Crippen LogP contribution in [0.25, 0.3) is 0 Å². The fourth-order valence-electron chi connectivity index (χ4n) is 3.79. The Morgan fingerprint density at radius 3 is 2.00 bits per heavy atom. The number of sulfonamides is 2. The van der Waals surface area contributed by atoms with Crippen LogP contribution in [0.4, 0.5) is 17.1 Å². The molecule has 0 atom stereocenters. The predicted molar refractivity (Wildman–Crippen MR) is 164 cm³/mol. The van der Waals surface area contributed by atoms with Gasteiger partial charge < -0.3 is 5.32 Å². The van der Waals surface area contributed by atoms with Crippen LogP contribution in [0.5, 0.6) is 0 Å². The van der Waals surface area contributed by atoms with Crippen LogP contribution in [-0.2, 0) is 24.8 Å². The van der Waals surface area contributed by atoms with Crippen molar-refractivity contribution in [2.75, 3.05) is 20.9 Å². The van der Waals surface area contributed by atoms with Gasteiger partial charge in [-0.3, -0.25) is 13.8 Å². The highest BCUT2D eigenvalue weighted by Gasteiger charge is 2.29. The van der Waals surface area contributed by atoms with E-state index in [1.54, 1.807) is 37.3 Å². The maximum atomic E-state index is 13.6. The molecular formula is C28H24Cl3N3O5S2. The maximum absolute atomic E-state index is 13.6. The quantitative estimate of drug-likeness (QED) is 0.204. The highest BCUT2D eigenvalue weighted by atomic mass is 35.5. The van der Waals surface area contributed by atoms with Gasteiger partial charge in [-0.05, 0) is 80.1 Å². The topological polar surface area (TPSA) is 113 Å². The first-order valence-electron chi connectivity index (χ1n) is 12.0.